The molecule has 0 spiro atoms. The molecule has 0 aliphatic heterocycles. The average Bonchev–Trinajstić information content (AvgIpc) is 2.48. The molecule has 0 radical (unpaired) electrons. The van der Waals surface area contributed by atoms with Crippen LogP contribution < -0.4 is 5.32 Å². The molecule has 0 bridgehead atoms. The van der Waals surface area contributed by atoms with E-state index in [4.69, 9.17) is 0 Å². The predicted octanol–water partition coefficient (Wildman–Crippen LogP) is 3.06. The number of hydrogen-bond acceptors (Lipinski definition) is 1. The monoisotopic (exact) mass is 195 g/mol. The van der Waals surface area contributed by atoms with E-state index in [-0.39, 0.29) is 0 Å². The third-order valence-corrected chi connectivity index (χ3v) is 4.87. The minimum Gasteiger partial charge on any atom is -0.310 e. The molecule has 0 aromatic heterocycles. The maximum absolute atomic E-state index is 3.90. The van der Waals surface area contributed by atoms with Crippen molar-refractivity contribution in [3.63, 3.8) is 0 Å². The topological polar surface area (TPSA) is 12.0 Å². The zero-order valence-corrected chi connectivity index (χ0v) is 10.1. The first-order valence-electron chi connectivity index (χ1n) is 6.35. The molecule has 0 aromatic rings. The maximum Gasteiger partial charge on any atom is 0.0121 e. The van der Waals surface area contributed by atoms with Crippen LogP contribution in [0.3, 0.4) is 0 Å². The van der Waals surface area contributed by atoms with Gasteiger partial charge in [-0.3, -0.25) is 0 Å². The van der Waals surface area contributed by atoms with Gasteiger partial charge >= 0.3 is 0 Å². The van der Waals surface area contributed by atoms with Crippen molar-refractivity contribution in [3.8, 4) is 0 Å². The number of hydrogen-bond donors (Lipinski definition) is 1. The van der Waals surface area contributed by atoms with Crippen LogP contribution in [-0.4, -0.2) is 12.1 Å². The Kier molecular flexibility index (Phi) is 2.88. The van der Waals surface area contributed by atoms with E-state index in [0.29, 0.717) is 0 Å². The van der Waals surface area contributed by atoms with E-state index in [1.165, 1.54) is 19.3 Å². The Morgan fingerprint density at radius 2 is 1.43 bits per heavy atom. The summed E-state index contributed by atoms with van der Waals surface area (Å²) in [7, 11) is 0. The summed E-state index contributed by atoms with van der Waals surface area (Å²) in [5.74, 6) is 3.63. The van der Waals surface area contributed by atoms with Crippen molar-refractivity contribution in [2.24, 2.45) is 23.7 Å². The molecule has 1 nitrogen and oxygen atoms in total. The molecule has 2 aliphatic carbocycles. The summed E-state index contributed by atoms with van der Waals surface area (Å²) in [6.07, 6.45) is 4.25. The second kappa shape index (κ2) is 3.84. The fraction of sp³-hybridized carbons (Fsp3) is 1.00. The molecular formula is C13H25N. The van der Waals surface area contributed by atoms with E-state index < -0.39 is 0 Å². The molecule has 0 aromatic carbocycles. The van der Waals surface area contributed by atoms with Crippen LogP contribution in [0.2, 0.25) is 0 Å². The van der Waals surface area contributed by atoms with Gasteiger partial charge in [0.15, 0.2) is 0 Å². The molecule has 1 heteroatoms. The van der Waals surface area contributed by atoms with Gasteiger partial charge in [-0.25, -0.2) is 0 Å². The van der Waals surface area contributed by atoms with Crippen LogP contribution in [0, 0.1) is 23.7 Å². The predicted molar refractivity (Wildman–Crippen MR) is 61.2 cm³/mol. The normalized spacial score (nSPS) is 53.1. The smallest absolute Gasteiger partial charge is 0.0121 e. The molecule has 5 atom stereocenters. The van der Waals surface area contributed by atoms with Crippen LogP contribution in [0.1, 0.15) is 47.0 Å². The molecule has 2 fully saturated rings. The lowest BCUT2D eigenvalue weighted by Gasteiger charge is -2.44. The zero-order valence-electron chi connectivity index (χ0n) is 10.1. The van der Waals surface area contributed by atoms with Crippen LogP contribution in [0.4, 0.5) is 0 Å². The van der Waals surface area contributed by atoms with Gasteiger partial charge in [-0.15, -0.1) is 0 Å². The van der Waals surface area contributed by atoms with E-state index in [1.54, 1.807) is 0 Å². The van der Waals surface area contributed by atoms with Gasteiger partial charge in [0.2, 0.25) is 0 Å². The Balaban J connectivity index is 1.85. The van der Waals surface area contributed by atoms with Crippen molar-refractivity contribution in [2.75, 3.05) is 0 Å². The maximum atomic E-state index is 3.90. The lowest BCUT2D eigenvalue weighted by molar-refractivity contribution is 0.113. The lowest BCUT2D eigenvalue weighted by atomic mass is 9.71. The number of nitrogens with one attached hydrogen (secondary N) is 1. The molecule has 5 unspecified atom stereocenters. The molecule has 0 amide bonds. The number of rotatable bonds is 2. The molecular weight excluding hydrogens is 170 g/mol. The molecule has 1 N–H and O–H groups in total. The van der Waals surface area contributed by atoms with Crippen molar-refractivity contribution in [2.45, 2.75) is 59.0 Å². The van der Waals surface area contributed by atoms with Crippen LogP contribution >= 0.6 is 0 Å². The van der Waals surface area contributed by atoms with Gasteiger partial charge in [0, 0.05) is 12.1 Å². The quantitative estimate of drug-likeness (QED) is 0.714. The van der Waals surface area contributed by atoms with Gasteiger partial charge in [0.05, 0.1) is 0 Å². The summed E-state index contributed by atoms with van der Waals surface area (Å²) in [4.78, 5) is 0. The third kappa shape index (κ3) is 1.71. The molecule has 0 saturated heterocycles. The van der Waals surface area contributed by atoms with E-state index in [2.05, 4.69) is 33.0 Å². The second-order valence-electron chi connectivity index (χ2n) is 5.90. The highest BCUT2D eigenvalue weighted by Crippen LogP contribution is 2.37. The summed E-state index contributed by atoms with van der Waals surface area (Å²) in [5.41, 5.74) is 0. The van der Waals surface area contributed by atoms with Gasteiger partial charge in [-0.1, -0.05) is 27.7 Å². The van der Waals surface area contributed by atoms with Crippen molar-refractivity contribution < 1.29 is 0 Å². The molecule has 14 heavy (non-hydrogen) atoms. The van der Waals surface area contributed by atoms with Crippen molar-refractivity contribution in [1.82, 2.24) is 5.32 Å². The third-order valence-electron chi connectivity index (χ3n) is 4.87. The lowest BCUT2D eigenvalue weighted by Crippen LogP contribution is -2.53. The Bertz CT molecular complexity index is 191. The minimum absolute atomic E-state index is 0.801. The molecule has 2 rings (SSSR count). The van der Waals surface area contributed by atoms with Gasteiger partial charge in [0.1, 0.15) is 0 Å². The Morgan fingerprint density at radius 1 is 0.857 bits per heavy atom. The molecule has 82 valence electrons. The standard InChI is InChI=1S/C13H25N/c1-8-5-6-9(2)13(8)14-12-7-10(3)11(12)4/h8-14H,5-7H2,1-4H3. The first kappa shape index (κ1) is 10.5. The fourth-order valence-corrected chi connectivity index (χ4v) is 3.27. The van der Waals surface area contributed by atoms with Crippen LogP contribution in [0.25, 0.3) is 0 Å². The van der Waals surface area contributed by atoms with E-state index in [1.807, 2.05) is 0 Å². The highest BCUT2D eigenvalue weighted by atomic mass is 15.0. The minimum atomic E-state index is 0.801. The van der Waals surface area contributed by atoms with E-state index in [0.717, 1.165) is 35.8 Å². The van der Waals surface area contributed by atoms with Gasteiger partial charge in [0.25, 0.3) is 0 Å². The summed E-state index contributed by atoms with van der Waals surface area (Å²) in [6, 6.07) is 1.62. The van der Waals surface area contributed by atoms with Crippen molar-refractivity contribution in [1.29, 1.82) is 0 Å². The summed E-state index contributed by atoms with van der Waals surface area (Å²) < 4.78 is 0. The Hall–Kier alpha value is -0.0400. The van der Waals surface area contributed by atoms with E-state index in [9.17, 15) is 0 Å². The van der Waals surface area contributed by atoms with Gasteiger partial charge in [-0.2, -0.15) is 0 Å². The zero-order chi connectivity index (χ0) is 10.3. The summed E-state index contributed by atoms with van der Waals surface area (Å²) in [6.45, 7) is 9.60. The first-order valence-corrected chi connectivity index (χ1v) is 6.35. The van der Waals surface area contributed by atoms with E-state index >= 15 is 0 Å². The van der Waals surface area contributed by atoms with Gasteiger partial charge < -0.3 is 5.32 Å². The summed E-state index contributed by atoms with van der Waals surface area (Å²) in [5, 5.41) is 3.90. The van der Waals surface area contributed by atoms with Gasteiger partial charge in [-0.05, 0) is 42.9 Å². The van der Waals surface area contributed by atoms with Crippen molar-refractivity contribution >= 4 is 0 Å². The Morgan fingerprint density at radius 3 is 1.86 bits per heavy atom. The Labute approximate surface area is 88.7 Å². The highest BCUT2D eigenvalue weighted by molar-refractivity contribution is 4.95. The molecule has 2 aliphatic rings. The van der Waals surface area contributed by atoms with Crippen molar-refractivity contribution in [3.05, 3.63) is 0 Å². The largest absolute Gasteiger partial charge is 0.310 e. The average molecular weight is 195 g/mol. The second-order valence-corrected chi connectivity index (χ2v) is 5.90. The fourth-order valence-electron chi connectivity index (χ4n) is 3.27. The van der Waals surface area contributed by atoms with Crippen LogP contribution in [0.15, 0.2) is 0 Å². The molecule has 0 heterocycles. The first-order chi connectivity index (χ1) is 6.59. The SMILES string of the molecule is CC1CC(NC2C(C)CCC2C)C1C. The molecule has 2 saturated carbocycles. The van der Waals surface area contributed by atoms with Crippen LogP contribution in [0.5, 0.6) is 0 Å². The summed E-state index contributed by atoms with van der Waals surface area (Å²) >= 11 is 0. The van der Waals surface area contributed by atoms with Crippen LogP contribution in [-0.2, 0) is 0 Å². The highest BCUT2D eigenvalue weighted by Gasteiger charge is 2.39.